The number of hydrogen-bond acceptors (Lipinski definition) is 0. The average molecular weight is 205 g/mol. The van der Waals surface area contributed by atoms with Crippen molar-refractivity contribution >= 4 is 37.7 Å². The summed E-state index contributed by atoms with van der Waals surface area (Å²) in [5.74, 6) is 0. The van der Waals surface area contributed by atoms with Gasteiger partial charge in [0.05, 0.1) is 0 Å². The van der Waals surface area contributed by atoms with Gasteiger partial charge in [-0.25, -0.2) is 0 Å². The van der Waals surface area contributed by atoms with Crippen LogP contribution in [0.15, 0.2) is 0 Å². The molecule has 0 aliphatic heterocycles. The van der Waals surface area contributed by atoms with Crippen molar-refractivity contribution in [1.29, 1.82) is 0 Å². The van der Waals surface area contributed by atoms with Gasteiger partial charge in [0.2, 0.25) is 0 Å². The predicted molar refractivity (Wildman–Crippen MR) is 15.2 cm³/mol. The van der Waals surface area contributed by atoms with E-state index in [0.717, 1.165) is 0 Å². The summed E-state index contributed by atoms with van der Waals surface area (Å²) in [5.41, 5.74) is 0. The Kier molecular flexibility index (Phi) is 282. The van der Waals surface area contributed by atoms with Crippen LogP contribution < -0.4 is 80.9 Å². The van der Waals surface area contributed by atoms with Gasteiger partial charge in [-0.3, -0.25) is 9.41 Å². The van der Waals surface area contributed by atoms with Crippen LogP contribution in [0.3, 0.4) is 0 Å². The molecule has 0 atom stereocenters. The molecule has 0 aliphatic rings. The molecular formula is H6CaF2KNaNi. The molecule has 0 aliphatic carbocycles. The molecular weight excluding hydrogens is 199 g/mol. The first-order valence-electron chi connectivity index (χ1n) is 0. The van der Waals surface area contributed by atoms with Crippen molar-refractivity contribution in [3.63, 3.8) is 0 Å². The smallest absolute Gasteiger partial charge is 1.00 e. The minimum atomic E-state index is 0. The van der Waals surface area contributed by atoms with Crippen LogP contribution in [-0.2, 0) is 16.5 Å². The normalized spacial score (nSPS) is 0. The maximum atomic E-state index is 0. The van der Waals surface area contributed by atoms with Crippen molar-refractivity contribution in [2.75, 3.05) is 0 Å². The molecule has 0 radical (unpaired) electrons. The Balaban J connectivity index is 0. The Hall–Kier alpha value is 4.25. The third-order valence-electron chi connectivity index (χ3n) is 0. The maximum absolute atomic E-state index is 0. The molecule has 0 amide bonds. The Morgan fingerprint density at radius 1 is 1.00 bits per heavy atom. The van der Waals surface area contributed by atoms with Crippen molar-refractivity contribution in [2.24, 2.45) is 0 Å². The number of rotatable bonds is 0. The maximum Gasteiger partial charge on any atom is 2.00 e. The average Bonchev–Trinajstić information content (AvgIpc) is 0. The predicted octanol–water partition coefficient (Wildman–Crippen LogP) is -5.62. The minimum absolute atomic E-state index is 0. The molecule has 0 N–H and O–H groups in total. The Bertz CT molecular complexity index is 23.2. The first-order chi connectivity index (χ1) is 0. The van der Waals surface area contributed by atoms with Crippen LogP contribution in [-0.4, -0.2) is 37.7 Å². The molecule has 0 aromatic rings. The summed E-state index contributed by atoms with van der Waals surface area (Å²) in [7, 11) is 0. The van der Waals surface area contributed by atoms with Gasteiger partial charge in [-0.1, -0.05) is 0 Å². The summed E-state index contributed by atoms with van der Waals surface area (Å²) in [6.07, 6.45) is 0. The molecule has 6 heavy (non-hydrogen) atoms. The summed E-state index contributed by atoms with van der Waals surface area (Å²) in [6, 6.07) is 0. The van der Waals surface area contributed by atoms with Gasteiger partial charge < -0.3 is 5.71 Å². The third-order valence-corrected chi connectivity index (χ3v) is 0. The van der Waals surface area contributed by atoms with Crippen LogP contribution in [0.4, 0.5) is 9.41 Å². The summed E-state index contributed by atoms with van der Waals surface area (Å²) in [5, 5.41) is 0. The quantitative estimate of drug-likeness (QED) is 0.346. The zero-order valence-corrected chi connectivity index (χ0v) is 12.2. The summed E-state index contributed by atoms with van der Waals surface area (Å²) < 4.78 is 0. The van der Waals surface area contributed by atoms with Crippen LogP contribution in [0.5, 0.6) is 0 Å². The van der Waals surface area contributed by atoms with Crippen molar-refractivity contribution in [3.05, 3.63) is 0 Å². The molecule has 0 spiro atoms. The first-order valence-corrected chi connectivity index (χ1v) is 0. The molecule has 0 rings (SSSR count). The number of hydrogen-bond donors (Lipinski definition) is 0. The van der Waals surface area contributed by atoms with Crippen molar-refractivity contribution < 1.29 is 113 Å². The van der Waals surface area contributed by atoms with Gasteiger partial charge in [0.1, 0.15) is 0 Å². The van der Waals surface area contributed by atoms with E-state index < -0.39 is 0 Å². The van der Waals surface area contributed by atoms with E-state index in [2.05, 4.69) is 0 Å². The topological polar surface area (TPSA) is 0 Å². The Morgan fingerprint density at radius 3 is 1.00 bits per heavy atom. The minimum Gasteiger partial charge on any atom is -1.00 e. The van der Waals surface area contributed by atoms with Crippen molar-refractivity contribution in [3.8, 4) is 0 Å². The van der Waals surface area contributed by atoms with E-state index in [1.807, 2.05) is 0 Å². The Labute approximate surface area is 146 Å². The van der Waals surface area contributed by atoms with Crippen LogP contribution in [0.1, 0.15) is 5.71 Å². The molecule has 0 heterocycles. The van der Waals surface area contributed by atoms with Crippen molar-refractivity contribution in [1.82, 2.24) is 0 Å². The summed E-state index contributed by atoms with van der Waals surface area (Å²) >= 11 is 0. The van der Waals surface area contributed by atoms with Gasteiger partial charge in [0, 0.05) is 16.5 Å². The summed E-state index contributed by atoms with van der Waals surface area (Å²) in [6.45, 7) is 0. The van der Waals surface area contributed by atoms with Gasteiger partial charge in [-0.05, 0) is 0 Å². The molecule has 6 heteroatoms. The fourth-order valence-electron chi connectivity index (χ4n) is 0. The van der Waals surface area contributed by atoms with Gasteiger partial charge in [-0.2, -0.15) is 0 Å². The van der Waals surface area contributed by atoms with E-state index in [1.165, 1.54) is 0 Å². The van der Waals surface area contributed by atoms with Crippen molar-refractivity contribution in [2.45, 2.75) is 0 Å². The molecule has 34 valence electrons. The standard InChI is InChI=1S/Ca.2FH.K.Na.Ni.4H/h;2*1H;;;;;;;/q+2;;;2*+1;;4*-1. The second-order valence-corrected chi connectivity index (χ2v) is 0. The SMILES string of the molecule is F.F.[Ca+2].[H-].[H-].[H-].[H-].[K+].[Na+].[Ni]. The molecule has 0 aromatic carbocycles. The largest absolute Gasteiger partial charge is 2.00 e. The van der Waals surface area contributed by atoms with E-state index in [-0.39, 0.29) is 150 Å². The van der Waals surface area contributed by atoms with E-state index >= 15 is 0 Å². The molecule has 0 unspecified atom stereocenters. The van der Waals surface area contributed by atoms with Gasteiger partial charge in [0.25, 0.3) is 0 Å². The molecule has 0 nitrogen and oxygen atoms in total. The molecule has 0 bridgehead atoms. The van der Waals surface area contributed by atoms with E-state index in [0.29, 0.717) is 0 Å². The molecule has 0 aromatic heterocycles. The van der Waals surface area contributed by atoms with Crippen LogP contribution >= 0.6 is 0 Å². The Morgan fingerprint density at radius 2 is 1.00 bits per heavy atom. The fraction of sp³-hybridized carbons (Fsp3) is 0. The van der Waals surface area contributed by atoms with Gasteiger partial charge in [-0.15, -0.1) is 0 Å². The van der Waals surface area contributed by atoms with E-state index in [9.17, 15) is 0 Å². The van der Waals surface area contributed by atoms with Gasteiger partial charge in [0.15, 0.2) is 0 Å². The monoisotopic (exact) mass is 204 g/mol. The zero-order chi connectivity index (χ0) is 0. The van der Waals surface area contributed by atoms with Crippen LogP contribution in [0, 0.1) is 0 Å². The van der Waals surface area contributed by atoms with Crippen LogP contribution in [0.2, 0.25) is 0 Å². The second kappa shape index (κ2) is 34.9. The first kappa shape index (κ1) is 48.6. The number of halogens is 2. The summed E-state index contributed by atoms with van der Waals surface area (Å²) in [4.78, 5) is 0. The molecule has 0 saturated carbocycles. The zero-order valence-electron chi connectivity index (χ0n) is 7.84. The van der Waals surface area contributed by atoms with E-state index in [4.69, 9.17) is 0 Å². The third kappa shape index (κ3) is 24.0. The fourth-order valence-corrected chi connectivity index (χ4v) is 0. The molecule has 0 fully saturated rings. The second-order valence-electron chi connectivity index (χ2n) is 0. The van der Waals surface area contributed by atoms with Crippen LogP contribution in [0.25, 0.3) is 0 Å². The van der Waals surface area contributed by atoms with E-state index in [1.54, 1.807) is 0 Å². The van der Waals surface area contributed by atoms with Gasteiger partial charge >= 0.3 is 119 Å². The molecule has 0 saturated heterocycles.